The van der Waals surface area contributed by atoms with Gasteiger partial charge in [0.25, 0.3) is 0 Å². The first-order chi connectivity index (χ1) is 10.2. The number of para-hydroxylation sites is 1. The molecule has 1 heterocycles. The average molecular weight is 301 g/mol. The van der Waals surface area contributed by atoms with Crippen molar-refractivity contribution in [3.8, 4) is 5.75 Å². The molecule has 3 aromatic rings. The number of halogens is 1. The van der Waals surface area contributed by atoms with Crippen LogP contribution in [-0.4, -0.2) is 9.78 Å². The fourth-order valence-corrected chi connectivity index (χ4v) is 2.58. The van der Waals surface area contributed by atoms with Crippen molar-refractivity contribution in [3.63, 3.8) is 0 Å². The van der Waals surface area contributed by atoms with Gasteiger partial charge in [-0.1, -0.05) is 35.9 Å². The van der Waals surface area contributed by atoms with Crippen LogP contribution in [0.5, 0.6) is 5.75 Å². The van der Waals surface area contributed by atoms with E-state index in [0.29, 0.717) is 11.6 Å². The summed E-state index contributed by atoms with van der Waals surface area (Å²) in [7, 11) is 0. The minimum absolute atomic E-state index is 0.439. The largest absolute Gasteiger partial charge is 0.487 e. The molecule has 2 aromatic carbocycles. The molecule has 108 valence electrons. The van der Waals surface area contributed by atoms with Crippen LogP contribution in [0.15, 0.2) is 42.5 Å². The third-order valence-electron chi connectivity index (χ3n) is 3.55. The van der Waals surface area contributed by atoms with E-state index >= 15 is 0 Å². The summed E-state index contributed by atoms with van der Waals surface area (Å²) in [6.45, 7) is 5.38. The summed E-state index contributed by atoms with van der Waals surface area (Å²) in [4.78, 5) is 0. The van der Waals surface area contributed by atoms with Crippen molar-refractivity contribution in [1.29, 1.82) is 0 Å². The molecule has 3 nitrogen and oxygen atoms in total. The zero-order valence-corrected chi connectivity index (χ0v) is 12.9. The van der Waals surface area contributed by atoms with Gasteiger partial charge in [-0.3, -0.25) is 4.68 Å². The van der Waals surface area contributed by atoms with Crippen LogP contribution in [0.1, 0.15) is 18.2 Å². The lowest BCUT2D eigenvalue weighted by atomic mass is 10.2. The average Bonchev–Trinajstić information content (AvgIpc) is 2.86. The van der Waals surface area contributed by atoms with Gasteiger partial charge >= 0.3 is 0 Å². The van der Waals surface area contributed by atoms with E-state index in [1.165, 1.54) is 0 Å². The first kappa shape index (κ1) is 14.0. The Hall–Kier alpha value is -2.00. The lowest BCUT2D eigenvalue weighted by Gasteiger charge is -2.08. The second kappa shape index (κ2) is 5.78. The Kier molecular flexibility index (Phi) is 3.84. The third-order valence-corrected chi connectivity index (χ3v) is 3.78. The van der Waals surface area contributed by atoms with Crippen molar-refractivity contribution in [1.82, 2.24) is 9.78 Å². The molecule has 0 atom stereocenters. The van der Waals surface area contributed by atoms with Gasteiger partial charge in [0.15, 0.2) is 0 Å². The van der Waals surface area contributed by atoms with Crippen molar-refractivity contribution in [2.75, 3.05) is 0 Å². The Balaban J connectivity index is 1.90. The summed E-state index contributed by atoms with van der Waals surface area (Å²) < 4.78 is 7.91. The number of nitrogens with zero attached hydrogens (tertiary/aromatic N) is 2. The third kappa shape index (κ3) is 2.74. The van der Waals surface area contributed by atoms with Crippen molar-refractivity contribution >= 4 is 22.5 Å². The van der Waals surface area contributed by atoms with E-state index in [1.807, 2.05) is 41.9 Å². The van der Waals surface area contributed by atoms with E-state index in [0.717, 1.165) is 34.5 Å². The molecule has 1 aromatic heterocycles. The molecule has 0 fully saturated rings. The van der Waals surface area contributed by atoms with Gasteiger partial charge in [0.1, 0.15) is 18.1 Å². The Morgan fingerprint density at radius 3 is 2.81 bits per heavy atom. The molecule has 0 radical (unpaired) electrons. The van der Waals surface area contributed by atoms with E-state index in [-0.39, 0.29) is 0 Å². The smallest absolute Gasteiger partial charge is 0.133 e. The summed E-state index contributed by atoms with van der Waals surface area (Å²) in [5, 5.41) is 6.45. The zero-order chi connectivity index (χ0) is 14.8. The number of hydrogen-bond donors (Lipinski definition) is 0. The summed E-state index contributed by atoms with van der Waals surface area (Å²) in [5.74, 6) is 0.803. The highest BCUT2D eigenvalue weighted by atomic mass is 35.5. The second-order valence-electron chi connectivity index (χ2n) is 4.98. The van der Waals surface area contributed by atoms with Gasteiger partial charge < -0.3 is 4.74 Å². The Labute approximate surface area is 129 Å². The summed E-state index contributed by atoms with van der Waals surface area (Å²) in [6, 6.07) is 13.9. The maximum Gasteiger partial charge on any atom is 0.133 e. The van der Waals surface area contributed by atoms with Crippen molar-refractivity contribution in [3.05, 3.63) is 58.7 Å². The van der Waals surface area contributed by atoms with Gasteiger partial charge in [-0.2, -0.15) is 5.10 Å². The fourth-order valence-electron chi connectivity index (χ4n) is 2.42. The van der Waals surface area contributed by atoms with E-state index in [9.17, 15) is 0 Å². The zero-order valence-electron chi connectivity index (χ0n) is 12.1. The van der Waals surface area contributed by atoms with E-state index in [1.54, 1.807) is 0 Å². The Bertz CT molecular complexity index is 780. The number of hydrogen-bond acceptors (Lipinski definition) is 2. The minimum atomic E-state index is 0.439. The number of fused-ring (bicyclic) bond motifs is 1. The topological polar surface area (TPSA) is 27.1 Å². The molecule has 0 bridgehead atoms. The van der Waals surface area contributed by atoms with E-state index in [4.69, 9.17) is 16.3 Å². The van der Waals surface area contributed by atoms with Crippen molar-refractivity contribution in [2.45, 2.75) is 27.0 Å². The number of aryl methyl sites for hydroxylation is 2. The molecule has 0 saturated heterocycles. The number of ether oxygens (including phenoxy) is 1. The monoisotopic (exact) mass is 300 g/mol. The molecule has 0 aliphatic rings. The summed E-state index contributed by atoms with van der Waals surface area (Å²) in [6.07, 6.45) is 0. The predicted octanol–water partition coefficient (Wildman–Crippen LogP) is 4.60. The quantitative estimate of drug-likeness (QED) is 0.704. The molecule has 21 heavy (non-hydrogen) atoms. The molecular weight excluding hydrogens is 284 g/mol. The maximum atomic E-state index is 6.02. The van der Waals surface area contributed by atoms with Crippen molar-refractivity contribution < 1.29 is 4.74 Å². The van der Waals surface area contributed by atoms with Crippen LogP contribution in [-0.2, 0) is 13.2 Å². The van der Waals surface area contributed by atoms with Crippen LogP contribution in [0.25, 0.3) is 10.9 Å². The lowest BCUT2D eigenvalue weighted by Crippen LogP contribution is -2.01. The number of benzene rings is 2. The van der Waals surface area contributed by atoms with Crippen LogP contribution in [0.4, 0.5) is 0 Å². The number of rotatable bonds is 4. The van der Waals surface area contributed by atoms with Crippen LogP contribution in [0, 0.1) is 6.92 Å². The minimum Gasteiger partial charge on any atom is -0.487 e. The van der Waals surface area contributed by atoms with Crippen LogP contribution >= 0.6 is 11.6 Å². The van der Waals surface area contributed by atoms with E-state index < -0.39 is 0 Å². The normalized spacial score (nSPS) is 11.0. The Morgan fingerprint density at radius 2 is 2.00 bits per heavy atom. The molecule has 0 N–H and O–H groups in total. The van der Waals surface area contributed by atoms with Gasteiger partial charge in [-0.25, -0.2) is 0 Å². The predicted molar refractivity (Wildman–Crippen MR) is 85.9 cm³/mol. The van der Waals surface area contributed by atoms with Crippen LogP contribution in [0.3, 0.4) is 0 Å². The van der Waals surface area contributed by atoms with Gasteiger partial charge in [0, 0.05) is 17.0 Å². The van der Waals surface area contributed by atoms with Gasteiger partial charge in [-0.05, 0) is 37.6 Å². The molecule has 0 amide bonds. The summed E-state index contributed by atoms with van der Waals surface area (Å²) in [5.41, 5.74) is 3.16. The van der Waals surface area contributed by atoms with Gasteiger partial charge in [0.2, 0.25) is 0 Å². The second-order valence-corrected chi connectivity index (χ2v) is 5.41. The summed E-state index contributed by atoms with van der Waals surface area (Å²) >= 11 is 6.02. The Morgan fingerprint density at radius 1 is 1.19 bits per heavy atom. The molecule has 3 rings (SSSR count). The first-order valence-electron chi connectivity index (χ1n) is 7.02. The molecule has 0 unspecified atom stereocenters. The molecule has 4 heteroatoms. The standard InChI is InChI=1S/C17H17ClN2O/c1-3-20-16-7-5-4-6-14(16)15(19-20)11-21-17-10-13(18)9-8-12(17)2/h4-10H,3,11H2,1-2H3. The highest BCUT2D eigenvalue weighted by molar-refractivity contribution is 6.30. The van der Waals surface area contributed by atoms with Crippen LogP contribution < -0.4 is 4.74 Å². The molecular formula is C17H17ClN2O. The first-order valence-corrected chi connectivity index (χ1v) is 7.40. The highest BCUT2D eigenvalue weighted by Gasteiger charge is 2.10. The molecule has 0 aliphatic heterocycles. The highest BCUT2D eigenvalue weighted by Crippen LogP contribution is 2.25. The molecule has 0 saturated carbocycles. The lowest BCUT2D eigenvalue weighted by molar-refractivity contribution is 0.299. The van der Waals surface area contributed by atoms with E-state index in [2.05, 4.69) is 24.2 Å². The van der Waals surface area contributed by atoms with Crippen molar-refractivity contribution in [2.24, 2.45) is 0 Å². The van der Waals surface area contributed by atoms with Gasteiger partial charge in [-0.15, -0.1) is 0 Å². The number of aromatic nitrogens is 2. The fraction of sp³-hybridized carbons (Fsp3) is 0.235. The van der Waals surface area contributed by atoms with Gasteiger partial charge in [0.05, 0.1) is 5.52 Å². The van der Waals surface area contributed by atoms with Crippen LogP contribution in [0.2, 0.25) is 5.02 Å². The molecule has 0 aliphatic carbocycles. The SMILES string of the molecule is CCn1nc(COc2cc(Cl)ccc2C)c2ccccc21. The maximum absolute atomic E-state index is 6.02. The molecule has 0 spiro atoms.